The minimum Gasteiger partial charge on any atom is -0.494 e. The second-order valence-corrected chi connectivity index (χ2v) is 2.81. The molecule has 0 saturated carbocycles. The molecule has 0 unspecified atom stereocenters. The smallest absolute Gasteiger partial charge is 0.289 e. The first-order valence-corrected chi connectivity index (χ1v) is 4.78. The van der Waals surface area contributed by atoms with Gasteiger partial charge in [0.15, 0.2) is 0 Å². The highest BCUT2D eigenvalue weighted by atomic mass is 16.6. The van der Waals surface area contributed by atoms with Crippen LogP contribution in [0.3, 0.4) is 0 Å². The molecule has 1 amide bonds. The predicted molar refractivity (Wildman–Crippen MR) is 51.5 cm³/mol. The van der Waals surface area contributed by atoms with Crippen molar-refractivity contribution in [3.8, 4) is 0 Å². The zero-order valence-corrected chi connectivity index (χ0v) is 8.34. The summed E-state index contributed by atoms with van der Waals surface area (Å²) in [5.74, 6) is 0.0374. The molecule has 0 aromatic rings. The largest absolute Gasteiger partial charge is 0.494 e. The molecule has 1 aliphatic heterocycles. The summed E-state index contributed by atoms with van der Waals surface area (Å²) in [6, 6.07) is 0. The first kappa shape index (κ1) is 10.8. The Bertz CT molecular complexity index is 216. The van der Waals surface area contributed by atoms with E-state index in [1.807, 2.05) is 6.92 Å². The lowest BCUT2D eigenvalue weighted by atomic mass is 10.4. The molecule has 80 valence electrons. The van der Waals surface area contributed by atoms with Crippen molar-refractivity contribution in [2.24, 2.45) is 0 Å². The lowest BCUT2D eigenvalue weighted by Gasteiger charge is -2.14. The number of hydrogen-bond acceptors (Lipinski definition) is 4. The van der Waals surface area contributed by atoms with E-state index < -0.39 is 0 Å². The third-order valence-corrected chi connectivity index (χ3v) is 1.71. The van der Waals surface area contributed by atoms with E-state index in [4.69, 9.17) is 9.47 Å². The van der Waals surface area contributed by atoms with Gasteiger partial charge in [0.1, 0.15) is 19.5 Å². The van der Waals surface area contributed by atoms with Crippen LogP contribution in [0.1, 0.15) is 6.92 Å². The number of hydrogen-bond donors (Lipinski definition) is 2. The van der Waals surface area contributed by atoms with Gasteiger partial charge < -0.3 is 20.1 Å². The molecule has 0 aliphatic carbocycles. The van der Waals surface area contributed by atoms with Gasteiger partial charge in [-0.2, -0.15) is 0 Å². The van der Waals surface area contributed by atoms with Crippen molar-refractivity contribution in [1.29, 1.82) is 0 Å². The van der Waals surface area contributed by atoms with Crippen molar-refractivity contribution in [3.05, 3.63) is 12.0 Å². The highest BCUT2D eigenvalue weighted by Gasteiger charge is 2.13. The Kier molecular flexibility index (Phi) is 4.85. The first-order chi connectivity index (χ1) is 6.84. The summed E-state index contributed by atoms with van der Waals surface area (Å²) in [5.41, 5.74) is 0. The number of ether oxygens (including phenoxy) is 2. The van der Waals surface area contributed by atoms with Crippen LogP contribution in [0, 0.1) is 0 Å². The molecular weight excluding hydrogens is 184 g/mol. The van der Waals surface area contributed by atoms with E-state index in [0.29, 0.717) is 19.8 Å². The Morgan fingerprint density at radius 2 is 2.36 bits per heavy atom. The van der Waals surface area contributed by atoms with Gasteiger partial charge in [-0.3, -0.25) is 4.79 Å². The van der Waals surface area contributed by atoms with E-state index in [1.54, 1.807) is 0 Å². The molecule has 0 atom stereocenters. The molecule has 0 saturated heterocycles. The van der Waals surface area contributed by atoms with Gasteiger partial charge in [-0.05, 0) is 6.54 Å². The maximum Gasteiger partial charge on any atom is 0.289 e. The third kappa shape index (κ3) is 3.66. The van der Waals surface area contributed by atoms with Gasteiger partial charge >= 0.3 is 0 Å². The minimum absolute atomic E-state index is 0.220. The van der Waals surface area contributed by atoms with E-state index in [9.17, 15) is 4.79 Å². The van der Waals surface area contributed by atoms with E-state index >= 15 is 0 Å². The van der Waals surface area contributed by atoms with Gasteiger partial charge in [-0.25, -0.2) is 0 Å². The average molecular weight is 200 g/mol. The molecule has 0 radical (unpaired) electrons. The zero-order chi connectivity index (χ0) is 10.2. The van der Waals surface area contributed by atoms with E-state index in [2.05, 4.69) is 10.6 Å². The van der Waals surface area contributed by atoms with Crippen molar-refractivity contribution in [3.63, 3.8) is 0 Å². The highest BCUT2D eigenvalue weighted by Crippen LogP contribution is 2.03. The molecule has 0 bridgehead atoms. The second-order valence-electron chi connectivity index (χ2n) is 2.81. The molecule has 0 aromatic carbocycles. The summed E-state index contributed by atoms with van der Waals surface area (Å²) in [4.78, 5) is 11.3. The fraction of sp³-hybridized carbons (Fsp3) is 0.667. The van der Waals surface area contributed by atoms with E-state index in [1.165, 1.54) is 6.26 Å². The molecular formula is C9H16N2O3. The topological polar surface area (TPSA) is 59.6 Å². The first-order valence-electron chi connectivity index (χ1n) is 4.78. The molecule has 2 N–H and O–H groups in total. The van der Waals surface area contributed by atoms with Crippen LogP contribution in [-0.4, -0.2) is 38.8 Å². The molecule has 1 heterocycles. The third-order valence-electron chi connectivity index (χ3n) is 1.71. The minimum atomic E-state index is -0.220. The van der Waals surface area contributed by atoms with Gasteiger partial charge in [-0.1, -0.05) is 6.92 Å². The number of nitrogens with one attached hydrogen (secondary N) is 2. The summed E-state index contributed by atoms with van der Waals surface area (Å²) in [5, 5.41) is 5.81. The van der Waals surface area contributed by atoms with E-state index in [-0.39, 0.29) is 11.7 Å². The molecule has 14 heavy (non-hydrogen) atoms. The standard InChI is InChI=1S/C9H16N2O3/c1-2-10-3-4-11-9(12)8-7-13-5-6-14-8/h7,10H,2-6H2,1H3,(H,11,12). The SMILES string of the molecule is CCNCCNC(=O)C1=COCCO1. The van der Waals surface area contributed by atoms with Gasteiger partial charge in [0.25, 0.3) is 5.91 Å². The monoisotopic (exact) mass is 200 g/mol. The van der Waals surface area contributed by atoms with Gasteiger partial charge in [0, 0.05) is 13.1 Å². The summed E-state index contributed by atoms with van der Waals surface area (Å²) < 4.78 is 10.1. The van der Waals surface area contributed by atoms with Gasteiger partial charge in [0.05, 0.1) is 0 Å². The average Bonchev–Trinajstić information content (AvgIpc) is 2.25. The lowest BCUT2D eigenvalue weighted by molar-refractivity contribution is -0.122. The van der Waals surface area contributed by atoms with Crippen molar-refractivity contribution in [2.75, 3.05) is 32.8 Å². The number of likely N-dealkylation sites (N-methyl/N-ethyl adjacent to an activating group) is 1. The molecule has 5 nitrogen and oxygen atoms in total. The Balaban J connectivity index is 2.17. The van der Waals surface area contributed by atoms with Crippen molar-refractivity contribution in [1.82, 2.24) is 10.6 Å². The Labute approximate surface area is 83.5 Å². The number of amides is 1. The zero-order valence-electron chi connectivity index (χ0n) is 8.34. The van der Waals surface area contributed by atoms with Crippen LogP contribution in [0.2, 0.25) is 0 Å². The Morgan fingerprint density at radius 1 is 1.50 bits per heavy atom. The van der Waals surface area contributed by atoms with Crippen LogP contribution in [0.15, 0.2) is 12.0 Å². The van der Waals surface area contributed by atoms with E-state index in [0.717, 1.165) is 13.1 Å². The van der Waals surface area contributed by atoms with Crippen molar-refractivity contribution in [2.45, 2.75) is 6.92 Å². The molecule has 0 spiro atoms. The maximum absolute atomic E-state index is 11.3. The maximum atomic E-state index is 11.3. The fourth-order valence-corrected chi connectivity index (χ4v) is 1.02. The number of carbonyl (C=O) groups is 1. The summed E-state index contributed by atoms with van der Waals surface area (Å²) >= 11 is 0. The van der Waals surface area contributed by atoms with Crippen molar-refractivity contribution < 1.29 is 14.3 Å². The van der Waals surface area contributed by atoms with Gasteiger partial charge in [-0.15, -0.1) is 0 Å². The lowest BCUT2D eigenvalue weighted by Crippen LogP contribution is -2.34. The Hall–Kier alpha value is -1.23. The molecule has 5 heteroatoms. The normalized spacial score (nSPS) is 15.1. The van der Waals surface area contributed by atoms with Crippen LogP contribution in [0.4, 0.5) is 0 Å². The van der Waals surface area contributed by atoms with Crippen LogP contribution in [0.25, 0.3) is 0 Å². The summed E-state index contributed by atoms with van der Waals surface area (Å²) in [6.45, 7) is 5.21. The number of carbonyl (C=O) groups excluding carboxylic acids is 1. The number of rotatable bonds is 5. The second kappa shape index (κ2) is 6.26. The van der Waals surface area contributed by atoms with Crippen molar-refractivity contribution >= 4 is 5.91 Å². The fourth-order valence-electron chi connectivity index (χ4n) is 1.02. The molecule has 0 aromatic heterocycles. The van der Waals surface area contributed by atoms with Crippen LogP contribution >= 0.6 is 0 Å². The van der Waals surface area contributed by atoms with Crippen LogP contribution in [0.5, 0.6) is 0 Å². The predicted octanol–water partition coefficient (Wildman–Crippen LogP) is -0.400. The molecule has 0 fully saturated rings. The van der Waals surface area contributed by atoms with Gasteiger partial charge in [0.2, 0.25) is 5.76 Å². The highest BCUT2D eigenvalue weighted by molar-refractivity contribution is 5.91. The molecule has 1 rings (SSSR count). The summed E-state index contributed by atoms with van der Waals surface area (Å²) in [7, 11) is 0. The quantitative estimate of drug-likeness (QED) is 0.593. The molecule has 1 aliphatic rings. The van der Waals surface area contributed by atoms with Crippen LogP contribution < -0.4 is 10.6 Å². The van der Waals surface area contributed by atoms with Crippen LogP contribution in [-0.2, 0) is 14.3 Å². The Morgan fingerprint density at radius 3 is 3.00 bits per heavy atom. The summed E-state index contributed by atoms with van der Waals surface area (Å²) in [6.07, 6.45) is 1.35.